The van der Waals surface area contributed by atoms with Crippen molar-refractivity contribution in [3.8, 4) is 9.88 Å². The van der Waals surface area contributed by atoms with E-state index in [2.05, 4.69) is 18.8 Å². The van der Waals surface area contributed by atoms with E-state index in [4.69, 9.17) is 0 Å². The van der Waals surface area contributed by atoms with Crippen LogP contribution >= 0.6 is 22.7 Å². The van der Waals surface area contributed by atoms with Crippen LogP contribution in [0.25, 0.3) is 9.88 Å². The summed E-state index contributed by atoms with van der Waals surface area (Å²) in [7, 11) is 0. The predicted octanol–water partition coefficient (Wildman–Crippen LogP) is 4.13. The van der Waals surface area contributed by atoms with Crippen LogP contribution in [-0.2, 0) is 0 Å². The van der Waals surface area contributed by atoms with Crippen LogP contribution in [0, 0.1) is 0 Å². The van der Waals surface area contributed by atoms with E-state index in [0.717, 1.165) is 35.8 Å². The molecule has 2 aromatic heterocycles. The first-order valence-corrected chi connectivity index (χ1v) is 8.30. The average Bonchev–Trinajstić information content (AvgIpc) is 3.08. The number of aromatic nitrogens is 1. The van der Waals surface area contributed by atoms with E-state index < -0.39 is 0 Å². The number of hydrogen-bond acceptors (Lipinski definition) is 4. The highest BCUT2D eigenvalue weighted by Crippen LogP contribution is 2.28. The average molecular weight is 294 g/mol. The van der Waals surface area contributed by atoms with Crippen molar-refractivity contribution in [2.75, 3.05) is 13.1 Å². The molecule has 2 rings (SSSR count). The van der Waals surface area contributed by atoms with Gasteiger partial charge in [-0.3, -0.25) is 4.79 Å². The molecule has 1 amide bonds. The highest BCUT2D eigenvalue weighted by molar-refractivity contribution is 7.20. The molecule has 19 heavy (non-hydrogen) atoms. The van der Waals surface area contributed by atoms with Crippen molar-refractivity contribution in [2.45, 2.75) is 26.7 Å². The van der Waals surface area contributed by atoms with Gasteiger partial charge < -0.3 is 4.90 Å². The van der Waals surface area contributed by atoms with Gasteiger partial charge in [0.15, 0.2) is 0 Å². The third-order valence-corrected chi connectivity index (χ3v) is 4.61. The number of carbonyl (C=O) groups excluding carboxylic acids is 1. The highest BCUT2D eigenvalue weighted by atomic mass is 32.1. The lowest BCUT2D eigenvalue weighted by Crippen LogP contribution is -2.32. The second-order valence-corrected chi connectivity index (χ2v) is 6.11. The SMILES string of the molecule is CCCN(CCC)C(=O)c1csc(-c2cccs2)n1. The number of amides is 1. The highest BCUT2D eigenvalue weighted by Gasteiger charge is 2.18. The van der Waals surface area contributed by atoms with Crippen LogP contribution in [0.3, 0.4) is 0 Å². The van der Waals surface area contributed by atoms with Gasteiger partial charge in [-0.1, -0.05) is 19.9 Å². The fourth-order valence-electron chi connectivity index (χ4n) is 1.90. The lowest BCUT2D eigenvalue weighted by molar-refractivity contribution is 0.0750. The zero-order chi connectivity index (χ0) is 13.7. The Bertz CT molecular complexity index is 513. The molecule has 2 heterocycles. The smallest absolute Gasteiger partial charge is 0.273 e. The molecule has 0 aliphatic heterocycles. The minimum atomic E-state index is 0.0581. The van der Waals surface area contributed by atoms with E-state index >= 15 is 0 Å². The van der Waals surface area contributed by atoms with Crippen LogP contribution in [0.15, 0.2) is 22.9 Å². The topological polar surface area (TPSA) is 33.2 Å². The maximum absolute atomic E-state index is 12.4. The third-order valence-electron chi connectivity index (χ3n) is 2.73. The standard InChI is InChI=1S/C14H18N2OS2/c1-3-7-16(8-4-2)14(17)11-10-19-13(15-11)12-6-5-9-18-12/h5-6,9-10H,3-4,7-8H2,1-2H3. The van der Waals surface area contributed by atoms with Gasteiger partial charge in [-0.25, -0.2) is 4.98 Å². The molecule has 0 fully saturated rings. The predicted molar refractivity (Wildman–Crippen MR) is 81.9 cm³/mol. The normalized spacial score (nSPS) is 10.6. The number of thiazole rings is 1. The first-order valence-electron chi connectivity index (χ1n) is 6.55. The van der Waals surface area contributed by atoms with E-state index in [1.807, 2.05) is 27.8 Å². The van der Waals surface area contributed by atoms with E-state index in [1.165, 1.54) is 0 Å². The minimum absolute atomic E-state index is 0.0581. The van der Waals surface area contributed by atoms with Gasteiger partial charge in [0.25, 0.3) is 5.91 Å². The van der Waals surface area contributed by atoms with Crippen LogP contribution < -0.4 is 0 Å². The van der Waals surface area contributed by atoms with Gasteiger partial charge in [0, 0.05) is 18.5 Å². The van der Waals surface area contributed by atoms with Crippen LogP contribution in [0.4, 0.5) is 0 Å². The molecular weight excluding hydrogens is 276 g/mol. The molecule has 5 heteroatoms. The lowest BCUT2D eigenvalue weighted by atomic mass is 10.3. The molecule has 102 valence electrons. The molecule has 0 aromatic carbocycles. The number of carbonyl (C=O) groups is 1. The number of thiophene rings is 1. The number of rotatable bonds is 6. The summed E-state index contributed by atoms with van der Waals surface area (Å²) >= 11 is 3.19. The van der Waals surface area contributed by atoms with Crippen LogP contribution in [0.5, 0.6) is 0 Å². The zero-order valence-electron chi connectivity index (χ0n) is 11.3. The molecule has 0 atom stereocenters. The van der Waals surface area contributed by atoms with Gasteiger partial charge in [0.2, 0.25) is 0 Å². The van der Waals surface area contributed by atoms with Crippen molar-refractivity contribution in [3.05, 3.63) is 28.6 Å². The minimum Gasteiger partial charge on any atom is -0.337 e. The van der Waals surface area contributed by atoms with Crippen molar-refractivity contribution >= 4 is 28.6 Å². The summed E-state index contributed by atoms with van der Waals surface area (Å²) in [4.78, 5) is 19.9. The first-order chi connectivity index (χ1) is 9.26. The molecule has 0 spiro atoms. The van der Waals surface area contributed by atoms with Gasteiger partial charge in [-0.15, -0.1) is 22.7 Å². The first kappa shape index (κ1) is 14.2. The maximum Gasteiger partial charge on any atom is 0.273 e. The molecule has 0 saturated carbocycles. The number of nitrogens with zero attached hydrogens (tertiary/aromatic N) is 2. The quantitative estimate of drug-likeness (QED) is 0.802. The Morgan fingerprint density at radius 3 is 2.58 bits per heavy atom. The maximum atomic E-state index is 12.4. The van der Waals surface area contributed by atoms with Gasteiger partial charge in [-0.2, -0.15) is 0 Å². The van der Waals surface area contributed by atoms with Crippen molar-refractivity contribution in [1.82, 2.24) is 9.88 Å². The molecule has 2 aromatic rings. The largest absolute Gasteiger partial charge is 0.337 e. The van der Waals surface area contributed by atoms with Crippen LogP contribution in [0.2, 0.25) is 0 Å². The van der Waals surface area contributed by atoms with E-state index in [0.29, 0.717) is 5.69 Å². The Labute approximate surface area is 121 Å². The van der Waals surface area contributed by atoms with Crippen molar-refractivity contribution in [2.24, 2.45) is 0 Å². The third kappa shape index (κ3) is 3.42. The Kier molecular flexibility index (Phi) is 5.10. The van der Waals surface area contributed by atoms with Crippen molar-refractivity contribution in [3.63, 3.8) is 0 Å². The summed E-state index contributed by atoms with van der Waals surface area (Å²) in [6.07, 6.45) is 1.96. The fourth-order valence-corrected chi connectivity index (χ4v) is 3.51. The van der Waals surface area contributed by atoms with Gasteiger partial charge >= 0.3 is 0 Å². The molecule has 0 radical (unpaired) electrons. The van der Waals surface area contributed by atoms with Gasteiger partial charge in [0.1, 0.15) is 10.7 Å². The summed E-state index contributed by atoms with van der Waals surface area (Å²) in [5.74, 6) is 0.0581. The van der Waals surface area contributed by atoms with Crippen LogP contribution in [-0.4, -0.2) is 28.9 Å². The Morgan fingerprint density at radius 1 is 1.26 bits per heavy atom. The van der Waals surface area contributed by atoms with Crippen molar-refractivity contribution < 1.29 is 4.79 Å². The Morgan fingerprint density at radius 2 is 2.00 bits per heavy atom. The summed E-state index contributed by atoms with van der Waals surface area (Å²) in [5, 5.41) is 4.83. The zero-order valence-corrected chi connectivity index (χ0v) is 12.9. The Hall–Kier alpha value is -1.20. The monoisotopic (exact) mass is 294 g/mol. The van der Waals surface area contributed by atoms with Gasteiger partial charge in [0.05, 0.1) is 4.88 Å². The molecule has 0 bridgehead atoms. The molecule has 0 N–H and O–H groups in total. The lowest BCUT2D eigenvalue weighted by Gasteiger charge is -2.20. The van der Waals surface area contributed by atoms with E-state index in [9.17, 15) is 4.79 Å². The molecule has 0 unspecified atom stereocenters. The van der Waals surface area contributed by atoms with Crippen LogP contribution in [0.1, 0.15) is 37.2 Å². The number of hydrogen-bond donors (Lipinski definition) is 0. The summed E-state index contributed by atoms with van der Waals surface area (Å²) in [6, 6.07) is 4.04. The summed E-state index contributed by atoms with van der Waals surface area (Å²) in [6.45, 7) is 5.79. The molecule has 0 aliphatic rings. The molecular formula is C14H18N2OS2. The molecule has 0 aliphatic carbocycles. The van der Waals surface area contributed by atoms with E-state index in [1.54, 1.807) is 22.7 Å². The molecule has 3 nitrogen and oxygen atoms in total. The van der Waals surface area contributed by atoms with E-state index in [-0.39, 0.29) is 5.91 Å². The van der Waals surface area contributed by atoms with Crippen molar-refractivity contribution in [1.29, 1.82) is 0 Å². The second-order valence-electron chi connectivity index (χ2n) is 4.31. The fraction of sp³-hybridized carbons (Fsp3) is 0.429. The Balaban J connectivity index is 2.14. The summed E-state index contributed by atoms with van der Waals surface area (Å²) < 4.78 is 0. The molecule has 0 saturated heterocycles. The summed E-state index contributed by atoms with van der Waals surface area (Å²) in [5.41, 5.74) is 0.579. The second kappa shape index (κ2) is 6.82. The van der Waals surface area contributed by atoms with Gasteiger partial charge in [-0.05, 0) is 24.3 Å².